The molecule has 1 saturated heterocycles. The largest absolute Gasteiger partial charge is 0.485 e. The summed E-state index contributed by atoms with van der Waals surface area (Å²) >= 11 is 0. The lowest BCUT2D eigenvalue weighted by Crippen LogP contribution is -2.49. The summed E-state index contributed by atoms with van der Waals surface area (Å²) in [5.41, 5.74) is 0.430. The van der Waals surface area contributed by atoms with Gasteiger partial charge < -0.3 is 24.6 Å². The van der Waals surface area contributed by atoms with E-state index in [1.165, 1.54) is 19.3 Å². The molecule has 4 atom stereocenters. The summed E-state index contributed by atoms with van der Waals surface area (Å²) in [4.78, 5) is 34.2. The van der Waals surface area contributed by atoms with Gasteiger partial charge in [0.05, 0.1) is 23.6 Å². The lowest BCUT2D eigenvalue weighted by molar-refractivity contribution is -0.141. The number of nitrogens with zero attached hydrogens (tertiary/aromatic N) is 3. The fourth-order valence-electron chi connectivity index (χ4n) is 6.92. The Balaban J connectivity index is 1.15. The Kier molecular flexibility index (Phi) is 9.88. The zero-order chi connectivity index (χ0) is 29.7. The molecule has 1 aromatic heterocycles. The third kappa shape index (κ3) is 7.92. The molecule has 1 aromatic rings. The fraction of sp³-hybridized carbons (Fsp3) is 0.719. The lowest BCUT2D eigenvalue weighted by atomic mass is 9.90. The Bertz CT molecular complexity index is 1090. The van der Waals surface area contributed by atoms with Gasteiger partial charge in [0.15, 0.2) is 6.10 Å². The van der Waals surface area contributed by atoms with Gasteiger partial charge in [-0.05, 0) is 88.3 Å². The van der Waals surface area contributed by atoms with Crippen LogP contribution in [0.15, 0.2) is 30.2 Å². The van der Waals surface area contributed by atoms with E-state index in [0.717, 1.165) is 50.8 Å². The highest BCUT2D eigenvalue weighted by atomic mass is 19.3. The lowest BCUT2D eigenvalue weighted by Gasteiger charge is -2.35. The second kappa shape index (κ2) is 13.6. The number of carbonyl (C=O) groups excluding carboxylic acids is 2. The number of hydrogen-bond donors (Lipinski definition) is 1. The monoisotopic (exact) mass is 588 g/mol. The number of carbonyl (C=O) groups is 2. The molecule has 1 N–H and O–H groups in total. The van der Waals surface area contributed by atoms with E-state index >= 15 is 0 Å². The van der Waals surface area contributed by atoms with Gasteiger partial charge in [-0.2, -0.15) is 0 Å². The number of aromatic nitrogens is 1. The van der Waals surface area contributed by atoms with Crippen LogP contribution in [0.3, 0.4) is 0 Å². The maximum atomic E-state index is 14.6. The van der Waals surface area contributed by atoms with Gasteiger partial charge in [0.1, 0.15) is 11.9 Å². The molecule has 0 radical (unpaired) electrons. The van der Waals surface area contributed by atoms with E-state index in [0.29, 0.717) is 56.4 Å². The van der Waals surface area contributed by atoms with E-state index in [-0.39, 0.29) is 18.6 Å². The summed E-state index contributed by atoms with van der Waals surface area (Å²) in [6.07, 6.45) is 12.0. The Labute approximate surface area is 248 Å². The number of amides is 2. The van der Waals surface area contributed by atoms with Crippen LogP contribution < -0.4 is 10.2 Å². The summed E-state index contributed by atoms with van der Waals surface area (Å²) in [5.74, 6) is -2.11. The van der Waals surface area contributed by atoms with E-state index < -0.39 is 23.9 Å². The molecule has 232 valence electrons. The van der Waals surface area contributed by atoms with Gasteiger partial charge in [0.25, 0.3) is 11.8 Å². The molecular formula is C32H46F2N4O4. The van der Waals surface area contributed by atoms with E-state index in [1.807, 2.05) is 6.08 Å². The highest BCUT2D eigenvalue weighted by Crippen LogP contribution is 2.38. The second-order valence-electron chi connectivity index (χ2n) is 12.8. The molecule has 2 aliphatic heterocycles. The maximum absolute atomic E-state index is 14.6. The van der Waals surface area contributed by atoms with Crippen molar-refractivity contribution in [3.8, 4) is 0 Å². The quantitative estimate of drug-likeness (QED) is 0.361. The van der Waals surface area contributed by atoms with Crippen LogP contribution in [0.2, 0.25) is 0 Å². The number of ether oxygens (including phenoxy) is 2. The van der Waals surface area contributed by atoms with E-state index in [2.05, 4.69) is 22.1 Å². The van der Waals surface area contributed by atoms with Gasteiger partial charge in [-0.3, -0.25) is 4.79 Å². The molecule has 10 heteroatoms. The Morgan fingerprint density at radius 3 is 2.50 bits per heavy atom. The molecule has 0 spiro atoms. The van der Waals surface area contributed by atoms with Crippen LogP contribution in [0, 0.1) is 17.8 Å². The minimum Gasteiger partial charge on any atom is -0.485 e. The Morgan fingerprint density at radius 1 is 1.10 bits per heavy atom. The predicted molar refractivity (Wildman–Crippen MR) is 157 cm³/mol. The summed E-state index contributed by atoms with van der Waals surface area (Å²) in [6.45, 7) is 5.48. The van der Waals surface area contributed by atoms with Crippen LogP contribution in [-0.4, -0.2) is 66.2 Å². The average molecular weight is 589 g/mol. The molecular weight excluding hydrogens is 542 g/mol. The van der Waals surface area contributed by atoms with Gasteiger partial charge >= 0.3 is 6.09 Å². The highest BCUT2D eigenvalue weighted by molar-refractivity contribution is 5.94. The first-order valence-corrected chi connectivity index (χ1v) is 15.9. The van der Waals surface area contributed by atoms with Gasteiger partial charge in [0.2, 0.25) is 0 Å². The molecule has 42 heavy (non-hydrogen) atoms. The maximum Gasteiger partial charge on any atom is 0.410 e. The fourth-order valence-corrected chi connectivity index (χ4v) is 6.92. The molecule has 3 heterocycles. The molecule has 2 aliphatic carbocycles. The van der Waals surface area contributed by atoms with Crippen molar-refractivity contribution in [1.29, 1.82) is 0 Å². The summed E-state index contributed by atoms with van der Waals surface area (Å²) in [5, 5.41) is 2.78. The Hall–Kier alpha value is -2.91. The van der Waals surface area contributed by atoms with Gasteiger partial charge in [-0.15, -0.1) is 0 Å². The predicted octanol–water partition coefficient (Wildman–Crippen LogP) is 6.77. The van der Waals surface area contributed by atoms with E-state index in [1.54, 1.807) is 23.2 Å². The van der Waals surface area contributed by atoms with Crippen LogP contribution in [0.25, 0.3) is 0 Å². The average Bonchev–Trinajstić information content (AvgIpc) is 3.58. The molecule has 2 saturated carbocycles. The highest BCUT2D eigenvalue weighted by Gasteiger charge is 2.45. The number of pyridine rings is 1. The molecule has 4 aliphatic rings. The van der Waals surface area contributed by atoms with Gasteiger partial charge in [-0.25, -0.2) is 18.6 Å². The van der Waals surface area contributed by atoms with Crippen molar-refractivity contribution in [1.82, 2.24) is 9.88 Å². The minimum atomic E-state index is -3.06. The van der Waals surface area contributed by atoms with Crippen LogP contribution in [0.5, 0.6) is 0 Å². The van der Waals surface area contributed by atoms with Crippen LogP contribution in [0.4, 0.5) is 25.1 Å². The summed E-state index contributed by atoms with van der Waals surface area (Å²) < 4.78 is 41.0. The molecule has 2 amide bonds. The number of rotatable bonds is 8. The smallest absolute Gasteiger partial charge is 0.410 e. The van der Waals surface area contributed by atoms with Gasteiger partial charge in [0, 0.05) is 32.6 Å². The van der Waals surface area contributed by atoms with Crippen molar-refractivity contribution < 1.29 is 27.8 Å². The van der Waals surface area contributed by atoms with Crippen molar-refractivity contribution in [2.75, 3.05) is 36.4 Å². The standard InChI is InChI=1S/C32H46F2N4O4/c1-22-10-11-23(20-22)12-14-26-8-5-9-27(32(2,33)34)29(41-26)30(39)36-24-13-15-28(35-21-24)37-16-18-38(19-17-37)31(40)42-25-6-3-4-7-25/h8,13,15,21-23,25,27,29H,3-7,9-12,14,16-20H2,1-2H3,(H,36,39). The van der Waals surface area contributed by atoms with E-state index in [9.17, 15) is 18.4 Å². The first-order valence-electron chi connectivity index (χ1n) is 15.9. The number of alkyl halides is 2. The van der Waals surface area contributed by atoms with Crippen molar-refractivity contribution in [3.63, 3.8) is 0 Å². The SMILES string of the molecule is CC1CCC(CCC2=CCCC(C(C)(F)F)C(C(=O)Nc3ccc(N4CCN(C(=O)OC5CCCC5)CC4)nc3)O2)C1. The Morgan fingerprint density at radius 2 is 1.86 bits per heavy atom. The first kappa shape index (κ1) is 30.5. The number of nitrogens with one attached hydrogen (secondary N) is 1. The van der Waals surface area contributed by atoms with Gasteiger partial charge in [-0.1, -0.05) is 19.8 Å². The van der Waals surface area contributed by atoms with E-state index in [4.69, 9.17) is 9.47 Å². The molecule has 5 rings (SSSR count). The van der Waals surface area contributed by atoms with Crippen molar-refractivity contribution in [3.05, 3.63) is 30.2 Å². The molecule has 0 bridgehead atoms. The topological polar surface area (TPSA) is 84.0 Å². The zero-order valence-corrected chi connectivity index (χ0v) is 25.0. The second-order valence-corrected chi connectivity index (χ2v) is 12.8. The van der Waals surface area contributed by atoms with Crippen molar-refractivity contribution in [2.24, 2.45) is 17.8 Å². The molecule has 4 unspecified atom stereocenters. The number of piperazine rings is 1. The summed E-state index contributed by atoms with van der Waals surface area (Å²) in [7, 11) is 0. The molecule has 8 nitrogen and oxygen atoms in total. The number of anilines is 2. The zero-order valence-electron chi connectivity index (χ0n) is 25.0. The molecule has 3 fully saturated rings. The minimum absolute atomic E-state index is 0.0469. The van der Waals surface area contributed by atoms with Crippen molar-refractivity contribution >= 4 is 23.5 Å². The summed E-state index contributed by atoms with van der Waals surface area (Å²) in [6, 6.07) is 3.53. The van der Waals surface area contributed by atoms with Crippen molar-refractivity contribution in [2.45, 2.75) is 103 Å². The molecule has 0 aromatic carbocycles. The third-order valence-electron chi connectivity index (χ3n) is 9.45. The van der Waals surface area contributed by atoms with Crippen LogP contribution in [0.1, 0.15) is 84.5 Å². The first-order chi connectivity index (χ1) is 20.2. The number of hydrogen-bond acceptors (Lipinski definition) is 6. The number of allylic oxidation sites excluding steroid dienone is 2. The third-order valence-corrected chi connectivity index (χ3v) is 9.45. The van der Waals surface area contributed by atoms with Crippen LogP contribution in [-0.2, 0) is 14.3 Å². The normalized spacial score (nSPS) is 27.3. The van der Waals surface area contributed by atoms with Crippen LogP contribution >= 0.6 is 0 Å². The number of halogens is 2.